The third-order valence-electron chi connectivity index (χ3n) is 6.78. The number of nitrogens with one attached hydrogen (secondary N) is 2. The standard InChI is InChI=1S/C30H28F2N6O5/c1-18(2)37-17-23(28(40)38(30(37)42)21-8-5-19(31)6-9-21)27(39)34-20-7-10-25(24(32)15-20)43-22-11-12-33-26(16-22)35-29(41)36-13-3-4-14-36/h5-12,15-18H,3-4,13-14H2,1-2H3,(H,34,39)(H,33,35,41). The lowest BCUT2D eigenvalue weighted by molar-refractivity contribution is 0.102. The summed E-state index contributed by atoms with van der Waals surface area (Å²) in [6.07, 6.45) is 4.44. The van der Waals surface area contributed by atoms with Crippen LogP contribution in [0.3, 0.4) is 0 Å². The van der Waals surface area contributed by atoms with Crippen LogP contribution in [0.5, 0.6) is 11.5 Å². The molecular formula is C30H28F2N6O5. The molecule has 0 bridgehead atoms. The normalized spacial score (nSPS) is 12.8. The fraction of sp³-hybridized carbons (Fsp3) is 0.233. The van der Waals surface area contributed by atoms with E-state index in [0.717, 1.165) is 41.8 Å². The highest BCUT2D eigenvalue weighted by Gasteiger charge is 2.21. The van der Waals surface area contributed by atoms with Gasteiger partial charge in [-0.3, -0.25) is 19.5 Å². The molecule has 4 aromatic rings. The molecule has 1 fully saturated rings. The second-order valence-electron chi connectivity index (χ2n) is 10.1. The average molecular weight is 591 g/mol. The molecule has 5 rings (SSSR count). The number of amides is 3. The Hall–Kier alpha value is -5.33. The number of hydrogen-bond donors (Lipinski definition) is 2. The van der Waals surface area contributed by atoms with Crippen LogP contribution in [0.4, 0.5) is 25.1 Å². The van der Waals surface area contributed by atoms with Crippen LogP contribution in [-0.2, 0) is 0 Å². The topological polar surface area (TPSA) is 128 Å². The smallest absolute Gasteiger partial charge is 0.335 e. The number of urea groups is 1. The number of halogens is 2. The lowest BCUT2D eigenvalue weighted by Crippen LogP contribution is -2.42. The van der Waals surface area contributed by atoms with Gasteiger partial charge in [-0.15, -0.1) is 0 Å². The molecule has 3 heterocycles. The molecule has 2 N–H and O–H groups in total. The number of likely N-dealkylation sites (tertiary alicyclic amines) is 1. The Bertz CT molecular complexity index is 1800. The van der Waals surface area contributed by atoms with Crippen LogP contribution in [0.2, 0.25) is 0 Å². The second kappa shape index (κ2) is 12.3. The number of ether oxygens (including phenoxy) is 1. The number of anilines is 2. The van der Waals surface area contributed by atoms with Crippen LogP contribution in [-0.4, -0.2) is 44.0 Å². The first-order valence-corrected chi connectivity index (χ1v) is 13.6. The molecule has 1 aliphatic heterocycles. The van der Waals surface area contributed by atoms with Gasteiger partial charge in [-0.05, 0) is 69.2 Å². The Kier molecular flexibility index (Phi) is 8.32. The van der Waals surface area contributed by atoms with Crippen molar-refractivity contribution in [2.24, 2.45) is 0 Å². The molecule has 13 heteroatoms. The van der Waals surface area contributed by atoms with Gasteiger partial charge in [0.1, 0.15) is 22.9 Å². The Morgan fingerprint density at radius 2 is 1.67 bits per heavy atom. The molecular weight excluding hydrogens is 562 g/mol. The lowest BCUT2D eigenvalue weighted by Gasteiger charge is -2.16. The molecule has 2 aromatic carbocycles. The van der Waals surface area contributed by atoms with Gasteiger partial charge < -0.3 is 15.0 Å². The molecule has 222 valence electrons. The second-order valence-corrected chi connectivity index (χ2v) is 10.1. The maximum absolute atomic E-state index is 15.0. The van der Waals surface area contributed by atoms with Crippen LogP contribution >= 0.6 is 0 Å². The minimum atomic E-state index is -0.920. The number of nitrogens with zero attached hydrogens (tertiary/aromatic N) is 4. The minimum Gasteiger partial charge on any atom is -0.454 e. The van der Waals surface area contributed by atoms with Gasteiger partial charge in [0, 0.05) is 49.3 Å². The van der Waals surface area contributed by atoms with Gasteiger partial charge in [-0.1, -0.05) is 0 Å². The first-order valence-electron chi connectivity index (χ1n) is 13.6. The van der Waals surface area contributed by atoms with Crippen molar-refractivity contribution in [3.05, 3.63) is 105 Å². The van der Waals surface area contributed by atoms with E-state index in [9.17, 15) is 23.6 Å². The SMILES string of the molecule is CC(C)n1cc(C(=O)Nc2ccc(Oc3ccnc(NC(=O)N4CCCC4)c3)c(F)c2)c(=O)n(-c2ccc(F)cc2)c1=O. The summed E-state index contributed by atoms with van der Waals surface area (Å²) in [7, 11) is 0. The summed E-state index contributed by atoms with van der Waals surface area (Å²) in [5.74, 6) is -1.94. The molecule has 0 atom stereocenters. The minimum absolute atomic E-state index is 0.0261. The Labute approximate surface area is 244 Å². The van der Waals surface area contributed by atoms with Crippen molar-refractivity contribution in [1.29, 1.82) is 0 Å². The highest BCUT2D eigenvalue weighted by atomic mass is 19.1. The van der Waals surface area contributed by atoms with Crippen molar-refractivity contribution in [2.75, 3.05) is 23.7 Å². The zero-order chi connectivity index (χ0) is 30.7. The highest BCUT2D eigenvalue weighted by Crippen LogP contribution is 2.28. The fourth-order valence-corrected chi connectivity index (χ4v) is 4.55. The third kappa shape index (κ3) is 6.45. The van der Waals surface area contributed by atoms with E-state index < -0.39 is 34.8 Å². The van der Waals surface area contributed by atoms with Gasteiger partial charge in [0.15, 0.2) is 11.6 Å². The summed E-state index contributed by atoms with van der Waals surface area (Å²) in [5.41, 5.74) is -1.89. The van der Waals surface area contributed by atoms with Crippen molar-refractivity contribution >= 4 is 23.4 Å². The van der Waals surface area contributed by atoms with E-state index in [1.807, 2.05) is 0 Å². The van der Waals surface area contributed by atoms with E-state index in [1.165, 1.54) is 47.2 Å². The molecule has 3 amide bonds. The summed E-state index contributed by atoms with van der Waals surface area (Å²) in [4.78, 5) is 57.6. The first-order chi connectivity index (χ1) is 20.6. The zero-order valence-electron chi connectivity index (χ0n) is 23.3. The van der Waals surface area contributed by atoms with Crippen molar-refractivity contribution in [3.8, 4) is 17.2 Å². The Morgan fingerprint density at radius 1 is 0.953 bits per heavy atom. The average Bonchev–Trinajstić information content (AvgIpc) is 3.51. The Balaban J connectivity index is 1.35. The van der Waals surface area contributed by atoms with Gasteiger partial charge >= 0.3 is 11.7 Å². The summed E-state index contributed by atoms with van der Waals surface area (Å²) in [6, 6.07) is 10.7. The number of carbonyl (C=O) groups is 2. The number of carbonyl (C=O) groups excluding carboxylic acids is 2. The maximum atomic E-state index is 15.0. The van der Waals surface area contributed by atoms with Crippen molar-refractivity contribution in [1.82, 2.24) is 19.0 Å². The third-order valence-corrected chi connectivity index (χ3v) is 6.78. The largest absolute Gasteiger partial charge is 0.454 e. The molecule has 2 aromatic heterocycles. The van der Waals surface area contributed by atoms with Gasteiger partial charge in [0.05, 0.1) is 5.69 Å². The molecule has 0 saturated carbocycles. The number of benzene rings is 2. The van der Waals surface area contributed by atoms with Crippen LogP contribution in [0.1, 0.15) is 43.1 Å². The lowest BCUT2D eigenvalue weighted by atomic mass is 10.2. The number of aromatic nitrogens is 3. The predicted molar refractivity (Wildman–Crippen MR) is 155 cm³/mol. The van der Waals surface area contributed by atoms with E-state index >= 15 is 4.39 Å². The van der Waals surface area contributed by atoms with Crippen molar-refractivity contribution in [3.63, 3.8) is 0 Å². The van der Waals surface area contributed by atoms with Gasteiger partial charge in [-0.25, -0.2) is 27.9 Å². The fourth-order valence-electron chi connectivity index (χ4n) is 4.55. The molecule has 0 unspecified atom stereocenters. The molecule has 0 aliphatic carbocycles. The van der Waals surface area contributed by atoms with Crippen molar-refractivity contribution < 1.29 is 23.1 Å². The molecule has 1 aliphatic rings. The predicted octanol–water partition coefficient (Wildman–Crippen LogP) is 4.93. The van der Waals surface area contributed by atoms with Gasteiger partial charge in [0.25, 0.3) is 11.5 Å². The van der Waals surface area contributed by atoms with E-state index in [0.29, 0.717) is 13.1 Å². The van der Waals surface area contributed by atoms with Gasteiger partial charge in [0.2, 0.25) is 0 Å². The Morgan fingerprint density at radius 3 is 2.35 bits per heavy atom. The number of pyridine rings is 1. The molecule has 0 radical (unpaired) electrons. The molecule has 11 nitrogen and oxygen atoms in total. The van der Waals surface area contributed by atoms with Crippen LogP contribution in [0.25, 0.3) is 5.69 Å². The van der Waals surface area contributed by atoms with E-state index in [4.69, 9.17) is 4.74 Å². The summed E-state index contributed by atoms with van der Waals surface area (Å²) >= 11 is 0. The summed E-state index contributed by atoms with van der Waals surface area (Å²) in [6.45, 7) is 4.73. The zero-order valence-corrected chi connectivity index (χ0v) is 23.3. The van der Waals surface area contributed by atoms with Crippen LogP contribution in [0, 0.1) is 11.6 Å². The highest BCUT2D eigenvalue weighted by molar-refractivity contribution is 6.03. The number of rotatable bonds is 7. The van der Waals surface area contributed by atoms with E-state index in [1.54, 1.807) is 18.7 Å². The monoisotopic (exact) mass is 590 g/mol. The first kappa shape index (κ1) is 29.2. The van der Waals surface area contributed by atoms with Crippen LogP contribution in [0.15, 0.2) is 76.6 Å². The van der Waals surface area contributed by atoms with E-state index in [-0.39, 0.29) is 40.3 Å². The van der Waals surface area contributed by atoms with E-state index in [2.05, 4.69) is 15.6 Å². The number of hydrogen-bond acceptors (Lipinski definition) is 6. The van der Waals surface area contributed by atoms with Crippen molar-refractivity contribution in [2.45, 2.75) is 32.7 Å². The maximum Gasteiger partial charge on any atom is 0.335 e. The van der Waals surface area contributed by atoms with Gasteiger partial charge in [-0.2, -0.15) is 0 Å². The molecule has 43 heavy (non-hydrogen) atoms. The summed E-state index contributed by atoms with van der Waals surface area (Å²) < 4.78 is 36.1. The van der Waals surface area contributed by atoms with Crippen LogP contribution < -0.4 is 26.6 Å². The summed E-state index contributed by atoms with van der Waals surface area (Å²) in [5, 5.41) is 5.17. The quantitative estimate of drug-likeness (QED) is 0.314. The molecule has 0 spiro atoms. The molecule has 1 saturated heterocycles.